The van der Waals surface area contributed by atoms with Crippen molar-refractivity contribution >= 4 is 85.4 Å². The van der Waals surface area contributed by atoms with Gasteiger partial charge in [0.25, 0.3) is 0 Å². The number of esters is 1. The number of alkyl halides is 1. The van der Waals surface area contributed by atoms with Crippen LogP contribution in [0, 0.1) is 0 Å². The molecule has 1 aliphatic carbocycles. The Morgan fingerprint density at radius 3 is 2.07 bits per heavy atom. The highest BCUT2D eigenvalue weighted by Gasteiger charge is 2.54. The molecule has 2 rings (SSSR count). The largest absolute Gasteiger partial charge is 0.497 e. The fraction of sp³-hybridized carbons (Fsp3) is 0.316. The fourth-order valence-corrected chi connectivity index (χ4v) is 8.45. The van der Waals surface area contributed by atoms with E-state index in [4.69, 9.17) is 9.47 Å². The first-order chi connectivity index (χ1) is 13.6. The van der Waals surface area contributed by atoms with Gasteiger partial charge in [0.2, 0.25) is 5.91 Å². The molecule has 2 unspecified atom stereocenters. The number of likely N-dealkylation sites (N-methyl/N-ethyl adjacent to an activating group) is 1. The van der Waals surface area contributed by atoms with Crippen molar-refractivity contribution in [2.24, 2.45) is 0 Å². The lowest BCUT2D eigenvalue weighted by Gasteiger charge is -2.41. The van der Waals surface area contributed by atoms with Crippen molar-refractivity contribution in [3.05, 3.63) is 42.7 Å². The van der Waals surface area contributed by atoms with E-state index in [1.165, 1.54) is 13.8 Å². The van der Waals surface area contributed by atoms with Crippen LogP contribution in [0.3, 0.4) is 0 Å². The number of ether oxygens (including phenoxy) is 2. The predicted molar refractivity (Wildman–Crippen MR) is 135 cm³/mol. The van der Waals surface area contributed by atoms with Gasteiger partial charge in [0.1, 0.15) is 11.5 Å². The van der Waals surface area contributed by atoms with E-state index in [9.17, 15) is 14.4 Å². The van der Waals surface area contributed by atoms with E-state index in [1.807, 2.05) is 45.2 Å². The summed E-state index contributed by atoms with van der Waals surface area (Å²) in [7, 11) is 3.18. The molecule has 0 heterocycles. The highest BCUT2D eigenvalue weighted by atomic mass is 127. The number of benzene rings is 1. The summed E-state index contributed by atoms with van der Waals surface area (Å²) in [5, 5.41) is 5.84. The third kappa shape index (κ3) is 4.79. The van der Waals surface area contributed by atoms with Crippen LogP contribution in [0.2, 0.25) is 0 Å². The molecular formula is C19H19I3N2O5. The predicted octanol–water partition coefficient (Wildman–Crippen LogP) is 3.44. The van der Waals surface area contributed by atoms with Gasteiger partial charge >= 0.3 is 5.97 Å². The van der Waals surface area contributed by atoms with Gasteiger partial charge in [-0.1, -0.05) is 22.6 Å². The number of allylic oxidation sites excluding steroid dienone is 2. The molecule has 1 aromatic carbocycles. The number of amides is 1. The van der Waals surface area contributed by atoms with Gasteiger partial charge in [-0.2, -0.15) is 0 Å². The highest BCUT2D eigenvalue weighted by Crippen LogP contribution is 2.47. The Balaban J connectivity index is 2.58. The standard InChI is InChI=1S/C19H19I3N2O5/c1-9(25)13-14(20)15(24-10(2)26)17(22)19(23-3,16(13)21)18(27)29-12-7-5-11(28-4)6-8-12/h5-8,17,23H,1-4H3,(H,24,26). The fourth-order valence-electron chi connectivity index (χ4n) is 2.85. The number of halogens is 3. The smallest absolute Gasteiger partial charge is 0.338 e. The summed E-state index contributed by atoms with van der Waals surface area (Å²) in [4.78, 5) is 37.6. The molecule has 0 aliphatic heterocycles. The molecular weight excluding hydrogens is 717 g/mol. The van der Waals surface area contributed by atoms with Crippen molar-refractivity contribution in [3.63, 3.8) is 0 Å². The SMILES string of the molecule is CNC1(C(=O)Oc2ccc(OC)cc2)C(I)=C(C(C)=O)C(I)=C(NC(C)=O)C1I. The van der Waals surface area contributed by atoms with Gasteiger partial charge in [-0.3, -0.25) is 14.9 Å². The van der Waals surface area contributed by atoms with Gasteiger partial charge in [-0.15, -0.1) is 0 Å². The van der Waals surface area contributed by atoms with Gasteiger partial charge in [0, 0.05) is 25.4 Å². The van der Waals surface area contributed by atoms with Crippen LogP contribution in [-0.4, -0.2) is 41.3 Å². The van der Waals surface area contributed by atoms with Crippen LogP contribution in [0.25, 0.3) is 0 Å². The van der Waals surface area contributed by atoms with E-state index in [2.05, 4.69) is 33.2 Å². The maximum absolute atomic E-state index is 13.4. The Bertz CT molecular complexity index is 911. The first-order valence-electron chi connectivity index (χ1n) is 8.38. The van der Waals surface area contributed by atoms with Crippen LogP contribution in [0.1, 0.15) is 13.8 Å². The lowest BCUT2D eigenvalue weighted by atomic mass is 9.84. The molecule has 0 radical (unpaired) electrons. The molecule has 10 heteroatoms. The Kier molecular flexibility index (Phi) is 8.50. The number of rotatable bonds is 6. The molecule has 7 nitrogen and oxygen atoms in total. The van der Waals surface area contributed by atoms with Crippen molar-refractivity contribution in [3.8, 4) is 11.5 Å². The maximum Gasteiger partial charge on any atom is 0.338 e. The Hall–Kier alpha value is -0.740. The van der Waals surface area contributed by atoms with E-state index in [0.717, 1.165) is 0 Å². The third-order valence-electron chi connectivity index (χ3n) is 4.30. The van der Waals surface area contributed by atoms with Crippen LogP contribution in [0.15, 0.2) is 42.7 Å². The van der Waals surface area contributed by atoms with Crippen LogP contribution in [-0.2, 0) is 14.4 Å². The Labute approximate surface area is 209 Å². The van der Waals surface area contributed by atoms with Crippen LogP contribution in [0.5, 0.6) is 11.5 Å². The minimum absolute atomic E-state index is 0.207. The zero-order valence-corrected chi connectivity index (χ0v) is 22.5. The molecule has 1 aliphatic rings. The molecule has 0 aromatic heterocycles. The number of nitrogens with one attached hydrogen (secondary N) is 2. The second-order valence-corrected chi connectivity index (χ2v) is 9.54. The zero-order chi connectivity index (χ0) is 21.9. The Morgan fingerprint density at radius 2 is 1.62 bits per heavy atom. The minimum Gasteiger partial charge on any atom is -0.497 e. The first-order valence-corrected chi connectivity index (χ1v) is 11.8. The van der Waals surface area contributed by atoms with Crippen LogP contribution in [0.4, 0.5) is 0 Å². The molecule has 0 saturated carbocycles. The van der Waals surface area contributed by atoms with E-state index in [-0.39, 0.29) is 11.7 Å². The monoisotopic (exact) mass is 736 g/mol. The van der Waals surface area contributed by atoms with Crippen molar-refractivity contribution < 1.29 is 23.9 Å². The normalized spacial score (nSPS) is 21.7. The molecule has 156 valence electrons. The van der Waals surface area contributed by atoms with Crippen molar-refractivity contribution in [1.29, 1.82) is 0 Å². The topological polar surface area (TPSA) is 93.7 Å². The van der Waals surface area contributed by atoms with Crippen LogP contribution >= 0.6 is 67.8 Å². The summed E-state index contributed by atoms with van der Waals surface area (Å²) in [5.74, 6) is -0.102. The average molecular weight is 736 g/mol. The number of carbonyl (C=O) groups excluding carboxylic acids is 3. The first kappa shape index (κ1) is 24.5. The molecule has 0 bridgehead atoms. The number of Topliss-reactive ketones (excluding diaryl/α,β-unsaturated/α-hetero) is 1. The second-order valence-electron chi connectivity index (χ2n) is 6.14. The summed E-state index contributed by atoms with van der Waals surface area (Å²) in [6, 6.07) is 6.62. The molecule has 1 amide bonds. The summed E-state index contributed by atoms with van der Waals surface area (Å²) in [5.41, 5.74) is -0.483. The zero-order valence-electron chi connectivity index (χ0n) is 16.1. The van der Waals surface area contributed by atoms with Gasteiger partial charge in [0.15, 0.2) is 11.3 Å². The lowest BCUT2D eigenvalue weighted by Crippen LogP contribution is -2.62. The second kappa shape index (κ2) is 10.0. The summed E-state index contributed by atoms with van der Waals surface area (Å²) >= 11 is 6.13. The molecule has 0 spiro atoms. The van der Waals surface area contributed by atoms with Crippen molar-refractivity contribution in [2.45, 2.75) is 23.3 Å². The molecule has 2 atom stereocenters. The third-order valence-corrected chi connectivity index (χ3v) is 8.37. The van der Waals surface area contributed by atoms with Crippen molar-refractivity contribution in [1.82, 2.24) is 10.6 Å². The van der Waals surface area contributed by atoms with Gasteiger partial charge in [-0.25, -0.2) is 4.79 Å². The number of hydrogen-bond donors (Lipinski definition) is 2. The number of ketones is 1. The summed E-state index contributed by atoms with van der Waals surface area (Å²) < 4.78 is 11.4. The summed E-state index contributed by atoms with van der Waals surface area (Å²) in [6.07, 6.45) is 0. The molecule has 29 heavy (non-hydrogen) atoms. The van der Waals surface area contributed by atoms with Gasteiger partial charge < -0.3 is 14.8 Å². The average Bonchev–Trinajstić information content (AvgIpc) is 2.66. The number of hydrogen-bond acceptors (Lipinski definition) is 6. The minimum atomic E-state index is -1.35. The molecule has 1 aromatic rings. The molecule has 0 fully saturated rings. The van der Waals surface area contributed by atoms with E-state index in [1.54, 1.807) is 38.4 Å². The van der Waals surface area contributed by atoms with Gasteiger partial charge in [0.05, 0.1) is 11.0 Å². The number of methoxy groups -OCH3 is 1. The van der Waals surface area contributed by atoms with E-state index >= 15 is 0 Å². The van der Waals surface area contributed by atoms with Crippen LogP contribution < -0.4 is 20.1 Å². The highest BCUT2D eigenvalue weighted by molar-refractivity contribution is 14.1. The summed E-state index contributed by atoms with van der Waals surface area (Å²) in [6.45, 7) is 2.81. The Morgan fingerprint density at radius 1 is 1.07 bits per heavy atom. The van der Waals surface area contributed by atoms with E-state index < -0.39 is 15.4 Å². The lowest BCUT2D eigenvalue weighted by molar-refractivity contribution is -0.139. The maximum atomic E-state index is 13.4. The quantitative estimate of drug-likeness (QED) is 0.202. The van der Waals surface area contributed by atoms with E-state index in [0.29, 0.717) is 29.9 Å². The number of carbonyl (C=O) groups is 3. The molecule has 2 N–H and O–H groups in total. The molecule has 0 saturated heterocycles. The van der Waals surface area contributed by atoms with Crippen molar-refractivity contribution in [2.75, 3.05) is 14.2 Å². The van der Waals surface area contributed by atoms with Gasteiger partial charge in [-0.05, 0) is 83.4 Å².